The Bertz CT molecular complexity index is 383. The fraction of sp³-hybridized carbons (Fsp3) is 0.400. The summed E-state index contributed by atoms with van der Waals surface area (Å²) in [6.45, 7) is 0.544. The van der Waals surface area contributed by atoms with Crippen LogP contribution in [0.25, 0.3) is 0 Å². The summed E-state index contributed by atoms with van der Waals surface area (Å²) in [5.41, 5.74) is 1.17. The molecule has 0 spiro atoms. The second-order valence-electron chi connectivity index (χ2n) is 3.22. The van der Waals surface area contributed by atoms with Gasteiger partial charge < -0.3 is 4.90 Å². The molecule has 0 N–H and O–H groups in total. The summed E-state index contributed by atoms with van der Waals surface area (Å²) in [7, 11) is 0. The van der Waals surface area contributed by atoms with Crippen molar-refractivity contribution in [1.29, 1.82) is 5.26 Å². The lowest BCUT2D eigenvalue weighted by Crippen LogP contribution is -2.28. The fourth-order valence-corrected chi connectivity index (χ4v) is 3.53. The molecule has 1 atom stereocenters. The van der Waals surface area contributed by atoms with Crippen LogP contribution < -0.4 is 0 Å². The van der Waals surface area contributed by atoms with Crippen molar-refractivity contribution >= 4 is 29.0 Å². The van der Waals surface area contributed by atoms with E-state index in [1.807, 2.05) is 11.4 Å². The Morgan fingerprint density at radius 3 is 3.20 bits per heavy atom. The number of carbonyl (C=O) groups excluding carboxylic acids is 1. The van der Waals surface area contributed by atoms with Crippen LogP contribution in [0.1, 0.15) is 17.4 Å². The van der Waals surface area contributed by atoms with Crippen LogP contribution in [0.2, 0.25) is 0 Å². The topological polar surface area (TPSA) is 44.1 Å². The van der Waals surface area contributed by atoms with E-state index in [0.717, 1.165) is 0 Å². The quantitative estimate of drug-likeness (QED) is 0.811. The molecular formula is C10H10N2OS2. The predicted molar refractivity (Wildman–Crippen MR) is 61.5 cm³/mol. The van der Waals surface area contributed by atoms with E-state index in [1.165, 1.54) is 5.56 Å². The first-order chi connectivity index (χ1) is 7.33. The molecule has 15 heavy (non-hydrogen) atoms. The van der Waals surface area contributed by atoms with Crippen LogP contribution in [-0.2, 0) is 4.79 Å². The monoisotopic (exact) mass is 238 g/mol. The van der Waals surface area contributed by atoms with E-state index in [2.05, 4.69) is 11.4 Å². The second kappa shape index (κ2) is 4.69. The largest absolute Gasteiger partial charge is 0.325 e. The number of nitrogens with zero attached hydrogens (tertiary/aromatic N) is 2. The first-order valence-electron chi connectivity index (χ1n) is 4.63. The number of amides is 1. The van der Waals surface area contributed by atoms with Crippen LogP contribution in [0.4, 0.5) is 0 Å². The first-order valence-corrected chi connectivity index (χ1v) is 6.62. The molecule has 1 amide bonds. The molecule has 0 aliphatic carbocycles. The Morgan fingerprint density at radius 1 is 1.67 bits per heavy atom. The van der Waals surface area contributed by atoms with Crippen LogP contribution in [0, 0.1) is 11.3 Å². The molecule has 3 nitrogen and oxygen atoms in total. The van der Waals surface area contributed by atoms with Crippen molar-refractivity contribution in [2.45, 2.75) is 11.8 Å². The minimum Gasteiger partial charge on any atom is -0.325 e. The zero-order valence-electron chi connectivity index (χ0n) is 8.05. The van der Waals surface area contributed by atoms with Gasteiger partial charge in [0.1, 0.15) is 5.37 Å². The van der Waals surface area contributed by atoms with Crippen molar-refractivity contribution < 1.29 is 4.79 Å². The molecule has 5 heteroatoms. The van der Waals surface area contributed by atoms with Crippen LogP contribution in [0.5, 0.6) is 0 Å². The minimum atomic E-state index is 0.122. The Labute approximate surface area is 96.7 Å². The maximum absolute atomic E-state index is 11.6. The summed E-state index contributed by atoms with van der Waals surface area (Å²) in [6.07, 6.45) is 0.410. The zero-order valence-corrected chi connectivity index (χ0v) is 9.68. The number of nitriles is 1. The highest BCUT2D eigenvalue weighted by Gasteiger charge is 2.32. The molecule has 1 aliphatic heterocycles. The van der Waals surface area contributed by atoms with Crippen molar-refractivity contribution in [3.63, 3.8) is 0 Å². The molecule has 1 aromatic heterocycles. The van der Waals surface area contributed by atoms with Gasteiger partial charge in [0.05, 0.1) is 18.2 Å². The zero-order chi connectivity index (χ0) is 10.7. The molecule has 0 radical (unpaired) electrons. The van der Waals surface area contributed by atoms with Gasteiger partial charge in [-0.25, -0.2) is 0 Å². The number of rotatable bonds is 3. The average molecular weight is 238 g/mol. The van der Waals surface area contributed by atoms with Gasteiger partial charge in [0.25, 0.3) is 0 Å². The average Bonchev–Trinajstić information content (AvgIpc) is 2.84. The standard InChI is InChI=1S/C10H10N2OS2/c11-3-1-4-12-9(13)7-15-10(12)8-2-5-14-6-8/h2,5-6,10H,1,4,7H2. The lowest BCUT2D eigenvalue weighted by atomic mass is 10.3. The lowest BCUT2D eigenvalue weighted by molar-refractivity contribution is -0.127. The summed E-state index contributed by atoms with van der Waals surface area (Å²) < 4.78 is 0. The highest BCUT2D eigenvalue weighted by Crippen LogP contribution is 2.39. The van der Waals surface area contributed by atoms with Crippen molar-refractivity contribution in [2.24, 2.45) is 0 Å². The van der Waals surface area contributed by atoms with Gasteiger partial charge in [-0.2, -0.15) is 16.6 Å². The third kappa shape index (κ3) is 2.16. The second-order valence-corrected chi connectivity index (χ2v) is 5.06. The molecule has 1 fully saturated rings. The Balaban J connectivity index is 2.11. The Kier molecular flexibility index (Phi) is 3.29. The van der Waals surface area contributed by atoms with E-state index < -0.39 is 0 Å². The molecule has 0 saturated carbocycles. The van der Waals surface area contributed by atoms with Gasteiger partial charge in [-0.3, -0.25) is 4.79 Å². The van der Waals surface area contributed by atoms with E-state index in [1.54, 1.807) is 28.0 Å². The van der Waals surface area contributed by atoms with Gasteiger partial charge >= 0.3 is 0 Å². The van der Waals surface area contributed by atoms with E-state index in [4.69, 9.17) is 5.26 Å². The number of thioether (sulfide) groups is 1. The molecular weight excluding hydrogens is 228 g/mol. The van der Waals surface area contributed by atoms with Gasteiger partial charge in [0, 0.05) is 6.54 Å². The lowest BCUT2D eigenvalue weighted by Gasteiger charge is -2.21. The Hall–Kier alpha value is -0.990. The van der Waals surface area contributed by atoms with E-state index in [9.17, 15) is 4.79 Å². The van der Waals surface area contributed by atoms with Crippen molar-refractivity contribution in [2.75, 3.05) is 12.3 Å². The van der Waals surface area contributed by atoms with Gasteiger partial charge in [0.2, 0.25) is 5.91 Å². The van der Waals surface area contributed by atoms with Gasteiger partial charge in [-0.15, -0.1) is 11.8 Å². The van der Waals surface area contributed by atoms with Crippen LogP contribution in [0.3, 0.4) is 0 Å². The van der Waals surface area contributed by atoms with Gasteiger partial charge in [0.15, 0.2) is 0 Å². The first kappa shape index (κ1) is 10.5. The van der Waals surface area contributed by atoms with Crippen LogP contribution >= 0.6 is 23.1 Å². The van der Waals surface area contributed by atoms with Gasteiger partial charge in [-0.05, 0) is 22.4 Å². The maximum Gasteiger partial charge on any atom is 0.233 e. The summed E-state index contributed by atoms with van der Waals surface area (Å²) in [6, 6.07) is 4.12. The minimum absolute atomic E-state index is 0.122. The number of hydrogen-bond acceptors (Lipinski definition) is 4. The molecule has 1 unspecified atom stereocenters. The predicted octanol–water partition coefficient (Wildman–Crippen LogP) is 2.24. The SMILES string of the molecule is N#CCCN1C(=O)CSC1c1ccsc1. The molecule has 1 saturated heterocycles. The number of carbonyl (C=O) groups is 1. The van der Waals surface area contributed by atoms with Crippen molar-refractivity contribution in [1.82, 2.24) is 4.90 Å². The van der Waals surface area contributed by atoms with Crippen molar-refractivity contribution in [3.8, 4) is 6.07 Å². The number of hydrogen-bond donors (Lipinski definition) is 0. The summed E-state index contributed by atoms with van der Waals surface area (Å²) in [4.78, 5) is 13.4. The molecule has 2 heterocycles. The Morgan fingerprint density at radius 2 is 2.53 bits per heavy atom. The third-order valence-corrected chi connectivity index (χ3v) is 4.22. The van der Waals surface area contributed by atoms with E-state index in [0.29, 0.717) is 18.7 Å². The van der Waals surface area contributed by atoms with Crippen LogP contribution in [0.15, 0.2) is 16.8 Å². The fourth-order valence-electron chi connectivity index (χ4n) is 1.56. The molecule has 1 aromatic rings. The molecule has 0 aromatic carbocycles. The highest BCUT2D eigenvalue weighted by atomic mass is 32.2. The van der Waals surface area contributed by atoms with Crippen molar-refractivity contribution in [3.05, 3.63) is 22.4 Å². The third-order valence-electron chi connectivity index (χ3n) is 2.26. The molecule has 0 bridgehead atoms. The molecule has 1 aliphatic rings. The summed E-state index contributed by atoms with van der Waals surface area (Å²) in [5, 5.41) is 12.7. The van der Waals surface area contributed by atoms with E-state index >= 15 is 0 Å². The smallest absolute Gasteiger partial charge is 0.233 e. The van der Waals surface area contributed by atoms with E-state index in [-0.39, 0.29) is 11.3 Å². The summed E-state index contributed by atoms with van der Waals surface area (Å²) in [5.74, 6) is 0.679. The molecule has 78 valence electrons. The van der Waals surface area contributed by atoms with Crippen LogP contribution in [-0.4, -0.2) is 23.1 Å². The van der Waals surface area contributed by atoms with Gasteiger partial charge in [-0.1, -0.05) is 0 Å². The highest BCUT2D eigenvalue weighted by molar-refractivity contribution is 8.00. The molecule has 2 rings (SSSR count). The maximum atomic E-state index is 11.6. The number of thiophene rings is 1. The summed E-state index contributed by atoms with van der Waals surface area (Å²) >= 11 is 3.28. The normalized spacial score (nSPS) is 20.6.